The highest BCUT2D eigenvalue weighted by Crippen LogP contribution is 2.20. The highest BCUT2D eigenvalue weighted by Gasteiger charge is 2.24. The summed E-state index contributed by atoms with van der Waals surface area (Å²) in [4.78, 5) is 26.7. The van der Waals surface area contributed by atoms with Gasteiger partial charge >= 0.3 is 6.03 Å². The number of amides is 3. The van der Waals surface area contributed by atoms with Crippen molar-refractivity contribution in [3.8, 4) is 0 Å². The number of carbonyl (C=O) groups excluding carboxylic acids is 2. The number of hydrogen-bond donors (Lipinski definition) is 3. The number of halogens is 1. The molecule has 8 nitrogen and oxygen atoms in total. The van der Waals surface area contributed by atoms with E-state index in [9.17, 15) is 22.4 Å². The number of urea groups is 1. The molecule has 3 N–H and O–H groups in total. The maximum Gasteiger partial charge on any atom is 0.321 e. The molecule has 3 amide bonds. The Kier molecular flexibility index (Phi) is 7.31. The second-order valence-electron chi connectivity index (χ2n) is 8.14. The molecule has 1 heterocycles. The standard InChI is InChI=1S/C25H25FN4O4S/c26-22-8-4-5-9-23(22)29-35(33,34)21-12-10-18(11-13-21)24(31)27-20-14-16-30(17-15-20)25(32)28-19-6-2-1-3-7-19/h1-13,20,29H,14-17H2,(H,27,31)(H,28,32). The molecule has 0 atom stereocenters. The Balaban J connectivity index is 1.29. The maximum atomic E-state index is 13.8. The van der Waals surface area contributed by atoms with Crippen LogP contribution in [0.3, 0.4) is 0 Å². The van der Waals surface area contributed by atoms with Gasteiger partial charge < -0.3 is 15.5 Å². The molecule has 1 aliphatic rings. The molecule has 1 saturated heterocycles. The van der Waals surface area contributed by atoms with Gasteiger partial charge in [0, 0.05) is 30.4 Å². The Morgan fingerprint density at radius 2 is 1.49 bits per heavy atom. The van der Waals surface area contributed by atoms with Crippen molar-refractivity contribution >= 4 is 33.3 Å². The molecule has 3 aromatic rings. The second kappa shape index (κ2) is 10.6. The van der Waals surface area contributed by atoms with E-state index in [-0.39, 0.29) is 28.6 Å². The van der Waals surface area contributed by atoms with Gasteiger partial charge in [0.2, 0.25) is 0 Å². The number of sulfonamides is 1. The summed E-state index contributed by atoms with van der Waals surface area (Å²) in [6.07, 6.45) is 1.21. The number of rotatable bonds is 6. The van der Waals surface area contributed by atoms with Crippen molar-refractivity contribution in [3.05, 3.63) is 90.2 Å². The average molecular weight is 497 g/mol. The minimum absolute atomic E-state index is 0.0879. The lowest BCUT2D eigenvalue weighted by Gasteiger charge is -2.32. The SMILES string of the molecule is O=C(NC1CCN(C(=O)Nc2ccccc2)CC1)c1ccc(S(=O)(=O)Nc2ccccc2F)cc1. The van der Waals surface area contributed by atoms with Crippen molar-refractivity contribution in [2.75, 3.05) is 23.1 Å². The highest BCUT2D eigenvalue weighted by molar-refractivity contribution is 7.92. The zero-order chi connectivity index (χ0) is 24.8. The molecule has 4 rings (SSSR count). The zero-order valence-electron chi connectivity index (χ0n) is 18.8. The average Bonchev–Trinajstić information content (AvgIpc) is 2.86. The van der Waals surface area contributed by atoms with Gasteiger partial charge in [-0.2, -0.15) is 0 Å². The monoisotopic (exact) mass is 496 g/mol. The number of hydrogen-bond acceptors (Lipinski definition) is 4. The number of carbonyl (C=O) groups is 2. The predicted molar refractivity (Wildman–Crippen MR) is 131 cm³/mol. The summed E-state index contributed by atoms with van der Waals surface area (Å²) in [6, 6.07) is 19.8. The van der Waals surface area contributed by atoms with Crippen LogP contribution in [0.15, 0.2) is 83.8 Å². The van der Waals surface area contributed by atoms with Gasteiger partial charge in [0.15, 0.2) is 0 Å². The summed E-state index contributed by atoms with van der Waals surface area (Å²) in [5, 5.41) is 5.79. The van der Waals surface area contributed by atoms with Crippen LogP contribution in [-0.2, 0) is 10.0 Å². The fourth-order valence-corrected chi connectivity index (χ4v) is 4.82. The number of para-hydroxylation sites is 2. The summed E-state index contributed by atoms with van der Waals surface area (Å²) in [6.45, 7) is 1.00. The number of anilines is 2. The molecule has 35 heavy (non-hydrogen) atoms. The molecular weight excluding hydrogens is 471 g/mol. The van der Waals surface area contributed by atoms with Crippen LogP contribution in [0.25, 0.3) is 0 Å². The molecule has 10 heteroatoms. The summed E-state index contributed by atoms with van der Waals surface area (Å²) in [7, 11) is -4.01. The van der Waals surface area contributed by atoms with Crippen LogP contribution in [0.1, 0.15) is 23.2 Å². The van der Waals surface area contributed by atoms with Crippen LogP contribution in [0, 0.1) is 5.82 Å². The number of piperidine rings is 1. The zero-order valence-corrected chi connectivity index (χ0v) is 19.6. The molecule has 182 valence electrons. The van der Waals surface area contributed by atoms with Gasteiger partial charge in [-0.1, -0.05) is 30.3 Å². The van der Waals surface area contributed by atoms with E-state index in [1.807, 2.05) is 30.3 Å². The Hall–Kier alpha value is -3.92. The Bertz CT molecular complexity index is 1290. The molecule has 1 fully saturated rings. The number of nitrogens with one attached hydrogen (secondary N) is 3. The first-order valence-corrected chi connectivity index (χ1v) is 12.6. The third-order valence-electron chi connectivity index (χ3n) is 5.69. The van der Waals surface area contributed by atoms with E-state index in [1.54, 1.807) is 4.90 Å². The molecular formula is C25H25FN4O4S. The van der Waals surface area contributed by atoms with E-state index in [2.05, 4.69) is 15.4 Å². The van der Waals surface area contributed by atoms with Gasteiger partial charge in [-0.25, -0.2) is 17.6 Å². The third kappa shape index (κ3) is 6.15. The Labute approximate surface area is 203 Å². The first kappa shape index (κ1) is 24.2. The Morgan fingerprint density at radius 3 is 2.14 bits per heavy atom. The number of nitrogens with zero attached hydrogens (tertiary/aromatic N) is 1. The van der Waals surface area contributed by atoms with Gasteiger partial charge in [0.05, 0.1) is 10.6 Å². The van der Waals surface area contributed by atoms with Crippen molar-refractivity contribution in [1.82, 2.24) is 10.2 Å². The number of likely N-dealkylation sites (tertiary alicyclic amines) is 1. The van der Waals surface area contributed by atoms with E-state index in [4.69, 9.17) is 0 Å². The number of benzene rings is 3. The van der Waals surface area contributed by atoms with Crippen LogP contribution in [0.5, 0.6) is 0 Å². The van der Waals surface area contributed by atoms with Crippen LogP contribution >= 0.6 is 0 Å². The molecule has 1 aliphatic heterocycles. The molecule has 0 bridgehead atoms. The topological polar surface area (TPSA) is 108 Å². The highest BCUT2D eigenvalue weighted by atomic mass is 32.2. The van der Waals surface area contributed by atoms with Crippen LogP contribution in [0.2, 0.25) is 0 Å². The molecule has 0 spiro atoms. The molecule has 0 saturated carbocycles. The second-order valence-corrected chi connectivity index (χ2v) is 9.82. The lowest BCUT2D eigenvalue weighted by molar-refractivity contribution is 0.0919. The van der Waals surface area contributed by atoms with Gasteiger partial charge in [0.25, 0.3) is 15.9 Å². The fourth-order valence-electron chi connectivity index (χ4n) is 3.75. The van der Waals surface area contributed by atoms with Crippen molar-refractivity contribution < 1.29 is 22.4 Å². The van der Waals surface area contributed by atoms with E-state index >= 15 is 0 Å². The summed E-state index contributed by atoms with van der Waals surface area (Å²) < 4.78 is 41.1. The summed E-state index contributed by atoms with van der Waals surface area (Å²) in [5.74, 6) is -1.01. The van der Waals surface area contributed by atoms with Crippen molar-refractivity contribution in [1.29, 1.82) is 0 Å². The first-order valence-electron chi connectivity index (χ1n) is 11.1. The third-order valence-corrected chi connectivity index (χ3v) is 7.07. The minimum atomic E-state index is -4.01. The van der Waals surface area contributed by atoms with Crippen LogP contribution < -0.4 is 15.4 Å². The fraction of sp³-hybridized carbons (Fsp3) is 0.200. The lowest BCUT2D eigenvalue weighted by atomic mass is 10.0. The van der Waals surface area contributed by atoms with Gasteiger partial charge in [-0.15, -0.1) is 0 Å². The van der Waals surface area contributed by atoms with E-state index in [1.165, 1.54) is 42.5 Å². The quantitative estimate of drug-likeness (QED) is 0.478. The first-order chi connectivity index (χ1) is 16.8. The smallest absolute Gasteiger partial charge is 0.321 e. The normalized spacial score (nSPS) is 14.3. The predicted octanol–water partition coefficient (Wildman–Crippen LogP) is 4.05. The lowest BCUT2D eigenvalue weighted by Crippen LogP contribution is -2.47. The molecule has 0 aliphatic carbocycles. The van der Waals surface area contributed by atoms with Crippen molar-refractivity contribution in [2.45, 2.75) is 23.8 Å². The van der Waals surface area contributed by atoms with Gasteiger partial charge in [0.1, 0.15) is 5.82 Å². The summed E-state index contributed by atoms with van der Waals surface area (Å²) in [5.41, 5.74) is 0.875. The molecule has 0 radical (unpaired) electrons. The molecule has 0 aromatic heterocycles. The summed E-state index contributed by atoms with van der Waals surface area (Å²) >= 11 is 0. The van der Waals surface area contributed by atoms with Crippen molar-refractivity contribution in [3.63, 3.8) is 0 Å². The van der Waals surface area contributed by atoms with E-state index < -0.39 is 15.8 Å². The molecule has 3 aromatic carbocycles. The van der Waals surface area contributed by atoms with Crippen LogP contribution in [-0.4, -0.2) is 44.4 Å². The van der Waals surface area contributed by atoms with Gasteiger partial charge in [-0.05, 0) is 61.4 Å². The maximum absolute atomic E-state index is 13.8. The van der Waals surface area contributed by atoms with E-state index in [0.717, 1.165) is 11.8 Å². The Morgan fingerprint density at radius 1 is 0.857 bits per heavy atom. The van der Waals surface area contributed by atoms with Crippen molar-refractivity contribution in [2.24, 2.45) is 0 Å². The van der Waals surface area contributed by atoms with E-state index in [0.29, 0.717) is 31.5 Å². The molecule has 0 unspecified atom stereocenters. The van der Waals surface area contributed by atoms with Crippen LogP contribution in [0.4, 0.5) is 20.6 Å². The minimum Gasteiger partial charge on any atom is -0.349 e. The van der Waals surface area contributed by atoms with Gasteiger partial charge in [-0.3, -0.25) is 9.52 Å². The largest absolute Gasteiger partial charge is 0.349 e.